The van der Waals surface area contributed by atoms with Gasteiger partial charge in [0.05, 0.1) is 24.7 Å². The number of nitrogens with zero attached hydrogens (tertiary/aromatic N) is 1. The molecule has 1 heterocycles. The molecule has 0 unspecified atom stereocenters. The standard InChI is InChI=1S/C21H23N3O/c22-15-19-6-8-20(9-7-19)23-21(25)16-24-12-10-18(11-13-24)14-17-4-2-1-3-5-17/h1-9,18H,10-14,16H2,(H,23,25)/p+1. The summed E-state index contributed by atoms with van der Waals surface area (Å²) in [5.74, 6) is 0.772. The maximum atomic E-state index is 12.2. The Morgan fingerprint density at radius 1 is 1.08 bits per heavy atom. The molecule has 0 radical (unpaired) electrons. The van der Waals surface area contributed by atoms with Gasteiger partial charge in [0.25, 0.3) is 5.91 Å². The number of nitriles is 1. The van der Waals surface area contributed by atoms with Crippen molar-refractivity contribution in [1.29, 1.82) is 5.26 Å². The highest BCUT2D eigenvalue weighted by atomic mass is 16.2. The van der Waals surface area contributed by atoms with Crippen LogP contribution in [0.1, 0.15) is 24.0 Å². The quantitative estimate of drug-likeness (QED) is 0.879. The fraction of sp³-hybridized carbons (Fsp3) is 0.333. The Bertz CT molecular complexity index is 726. The number of amides is 1. The molecule has 2 aromatic carbocycles. The van der Waals surface area contributed by atoms with Gasteiger partial charge in [-0.3, -0.25) is 4.79 Å². The van der Waals surface area contributed by atoms with E-state index in [1.165, 1.54) is 23.3 Å². The third kappa shape index (κ3) is 5.17. The largest absolute Gasteiger partial charge is 0.327 e. The second-order valence-corrected chi connectivity index (χ2v) is 6.80. The van der Waals surface area contributed by atoms with Gasteiger partial charge in [0, 0.05) is 5.69 Å². The normalized spacial score (nSPS) is 19.8. The summed E-state index contributed by atoms with van der Waals surface area (Å²) < 4.78 is 0. The van der Waals surface area contributed by atoms with Crippen LogP contribution in [0.2, 0.25) is 0 Å². The molecule has 0 atom stereocenters. The van der Waals surface area contributed by atoms with Gasteiger partial charge in [-0.15, -0.1) is 0 Å². The molecule has 2 N–H and O–H groups in total. The lowest BCUT2D eigenvalue weighted by molar-refractivity contribution is -0.898. The minimum absolute atomic E-state index is 0.0428. The van der Waals surface area contributed by atoms with E-state index in [0.717, 1.165) is 31.1 Å². The smallest absolute Gasteiger partial charge is 0.279 e. The zero-order valence-corrected chi connectivity index (χ0v) is 14.4. The summed E-state index contributed by atoms with van der Waals surface area (Å²) in [5.41, 5.74) is 2.76. The predicted molar refractivity (Wildman–Crippen MR) is 98.2 cm³/mol. The van der Waals surface area contributed by atoms with E-state index in [4.69, 9.17) is 5.26 Å². The summed E-state index contributed by atoms with van der Waals surface area (Å²) in [5, 5.41) is 11.7. The van der Waals surface area contributed by atoms with Gasteiger partial charge in [0.15, 0.2) is 6.54 Å². The molecule has 1 aliphatic rings. The highest BCUT2D eigenvalue weighted by molar-refractivity contribution is 5.91. The average molecular weight is 334 g/mol. The Morgan fingerprint density at radius 3 is 2.40 bits per heavy atom. The van der Waals surface area contributed by atoms with Crippen molar-refractivity contribution in [3.8, 4) is 6.07 Å². The Balaban J connectivity index is 1.42. The van der Waals surface area contributed by atoms with E-state index in [1.807, 2.05) is 0 Å². The third-order valence-corrected chi connectivity index (χ3v) is 4.89. The molecule has 25 heavy (non-hydrogen) atoms. The molecular formula is C21H24N3O+. The average Bonchev–Trinajstić information content (AvgIpc) is 2.65. The van der Waals surface area contributed by atoms with E-state index in [2.05, 4.69) is 41.7 Å². The Labute approximate surface area is 149 Å². The molecule has 0 spiro atoms. The molecule has 0 aromatic heterocycles. The third-order valence-electron chi connectivity index (χ3n) is 4.89. The number of benzene rings is 2. The number of piperidine rings is 1. The van der Waals surface area contributed by atoms with E-state index >= 15 is 0 Å². The number of carbonyl (C=O) groups is 1. The van der Waals surface area contributed by atoms with E-state index in [1.54, 1.807) is 24.3 Å². The molecule has 1 amide bonds. The molecule has 0 saturated carbocycles. The maximum Gasteiger partial charge on any atom is 0.279 e. The van der Waals surface area contributed by atoms with E-state index in [-0.39, 0.29) is 5.91 Å². The monoisotopic (exact) mass is 334 g/mol. The van der Waals surface area contributed by atoms with Gasteiger partial charge in [-0.2, -0.15) is 5.26 Å². The highest BCUT2D eigenvalue weighted by Gasteiger charge is 2.24. The Hall–Kier alpha value is -2.64. The Morgan fingerprint density at radius 2 is 1.76 bits per heavy atom. The number of carbonyl (C=O) groups excluding carboxylic acids is 1. The van der Waals surface area contributed by atoms with Crippen LogP contribution in [0.4, 0.5) is 5.69 Å². The first-order valence-corrected chi connectivity index (χ1v) is 8.90. The fourth-order valence-corrected chi connectivity index (χ4v) is 3.47. The van der Waals surface area contributed by atoms with Gasteiger partial charge in [0.2, 0.25) is 0 Å². The summed E-state index contributed by atoms with van der Waals surface area (Å²) in [4.78, 5) is 13.6. The molecule has 1 aliphatic heterocycles. The first kappa shape index (κ1) is 17.2. The molecule has 4 heteroatoms. The summed E-state index contributed by atoms with van der Waals surface area (Å²) in [6.07, 6.45) is 3.49. The van der Waals surface area contributed by atoms with Crippen LogP contribution in [0.25, 0.3) is 0 Å². The predicted octanol–water partition coefficient (Wildman–Crippen LogP) is 2.03. The number of nitrogens with one attached hydrogen (secondary N) is 2. The van der Waals surface area contributed by atoms with Crippen molar-refractivity contribution in [2.24, 2.45) is 5.92 Å². The summed E-state index contributed by atoms with van der Waals surface area (Å²) in [6, 6.07) is 19.7. The molecule has 128 valence electrons. The number of rotatable bonds is 5. The second-order valence-electron chi connectivity index (χ2n) is 6.80. The lowest BCUT2D eigenvalue weighted by Crippen LogP contribution is -3.14. The number of likely N-dealkylation sites (tertiary alicyclic amines) is 1. The highest BCUT2D eigenvalue weighted by Crippen LogP contribution is 2.16. The SMILES string of the molecule is N#Cc1ccc(NC(=O)C[NH+]2CCC(Cc3ccccc3)CC2)cc1. The van der Waals surface area contributed by atoms with Crippen LogP contribution >= 0.6 is 0 Å². The van der Waals surface area contributed by atoms with Crippen molar-refractivity contribution < 1.29 is 9.69 Å². The number of hydrogen-bond donors (Lipinski definition) is 2. The van der Waals surface area contributed by atoms with Crippen LogP contribution in [0.5, 0.6) is 0 Å². The molecule has 2 aromatic rings. The van der Waals surface area contributed by atoms with Crippen LogP contribution in [0.15, 0.2) is 54.6 Å². The molecule has 0 aliphatic carbocycles. The molecular weight excluding hydrogens is 310 g/mol. The second kappa shape index (κ2) is 8.46. The minimum Gasteiger partial charge on any atom is -0.327 e. The summed E-state index contributed by atoms with van der Waals surface area (Å²) in [6.45, 7) is 2.62. The van der Waals surface area contributed by atoms with Crippen LogP contribution < -0.4 is 10.2 Å². The molecule has 3 rings (SSSR count). The van der Waals surface area contributed by atoms with E-state index < -0.39 is 0 Å². The van der Waals surface area contributed by atoms with Crippen LogP contribution in [0.3, 0.4) is 0 Å². The fourth-order valence-electron chi connectivity index (χ4n) is 3.47. The van der Waals surface area contributed by atoms with Gasteiger partial charge < -0.3 is 10.2 Å². The van der Waals surface area contributed by atoms with Crippen LogP contribution in [-0.2, 0) is 11.2 Å². The van der Waals surface area contributed by atoms with Crippen molar-refractivity contribution in [1.82, 2.24) is 0 Å². The summed E-state index contributed by atoms with van der Waals surface area (Å²) >= 11 is 0. The topological polar surface area (TPSA) is 57.3 Å². The molecule has 1 saturated heterocycles. The van der Waals surface area contributed by atoms with Crippen molar-refractivity contribution in [2.45, 2.75) is 19.3 Å². The van der Waals surface area contributed by atoms with E-state index in [0.29, 0.717) is 12.1 Å². The zero-order chi connectivity index (χ0) is 17.5. The van der Waals surface area contributed by atoms with Crippen LogP contribution in [-0.4, -0.2) is 25.5 Å². The van der Waals surface area contributed by atoms with Gasteiger partial charge in [-0.25, -0.2) is 0 Å². The first-order chi connectivity index (χ1) is 12.2. The van der Waals surface area contributed by atoms with Gasteiger partial charge in [-0.1, -0.05) is 30.3 Å². The van der Waals surface area contributed by atoms with Gasteiger partial charge in [-0.05, 0) is 55.0 Å². The lowest BCUT2D eigenvalue weighted by atomic mass is 9.90. The maximum absolute atomic E-state index is 12.2. The Kier molecular flexibility index (Phi) is 5.81. The van der Waals surface area contributed by atoms with Crippen molar-refractivity contribution in [2.75, 3.05) is 25.0 Å². The summed E-state index contributed by atoms with van der Waals surface area (Å²) in [7, 11) is 0. The minimum atomic E-state index is 0.0428. The van der Waals surface area contributed by atoms with Crippen molar-refractivity contribution in [3.63, 3.8) is 0 Å². The van der Waals surface area contributed by atoms with Crippen LogP contribution in [0, 0.1) is 17.2 Å². The molecule has 1 fully saturated rings. The number of anilines is 1. The molecule has 0 bridgehead atoms. The number of hydrogen-bond acceptors (Lipinski definition) is 2. The molecule has 4 nitrogen and oxygen atoms in total. The number of quaternary nitrogens is 1. The van der Waals surface area contributed by atoms with Crippen molar-refractivity contribution >= 4 is 11.6 Å². The van der Waals surface area contributed by atoms with Gasteiger partial charge in [0.1, 0.15) is 0 Å². The zero-order valence-electron chi connectivity index (χ0n) is 14.4. The van der Waals surface area contributed by atoms with Gasteiger partial charge >= 0.3 is 0 Å². The lowest BCUT2D eigenvalue weighted by Gasteiger charge is -2.29. The van der Waals surface area contributed by atoms with E-state index in [9.17, 15) is 4.79 Å². The first-order valence-electron chi connectivity index (χ1n) is 8.90. The van der Waals surface area contributed by atoms with Crippen molar-refractivity contribution in [3.05, 3.63) is 65.7 Å².